The van der Waals surface area contributed by atoms with Crippen LogP contribution in [0.2, 0.25) is 0 Å². The van der Waals surface area contributed by atoms with Crippen molar-refractivity contribution in [2.75, 3.05) is 0 Å². The molecule has 8 heteroatoms. The Morgan fingerprint density at radius 2 is 1.82 bits per heavy atom. The second kappa shape index (κ2) is 4.36. The van der Waals surface area contributed by atoms with Crippen LogP contribution in [0.15, 0.2) is 33.5 Å². The molecule has 0 saturated heterocycles. The van der Waals surface area contributed by atoms with E-state index in [1.165, 1.54) is 24.3 Å². The summed E-state index contributed by atoms with van der Waals surface area (Å²) < 4.78 is 44.5. The Hall–Kier alpha value is -1.57. The lowest BCUT2D eigenvalue weighted by molar-refractivity contribution is -0.274. The summed E-state index contributed by atoms with van der Waals surface area (Å²) in [6.45, 7) is 0. The highest BCUT2D eigenvalue weighted by Crippen LogP contribution is 2.26. The van der Waals surface area contributed by atoms with Gasteiger partial charge in [-0.1, -0.05) is 0 Å². The van der Waals surface area contributed by atoms with E-state index in [0.717, 1.165) is 0 Å². The summed E-state index contributed by atoms with van der Waals surface area (Å²) in [5.74, 6) is -0.102. The second-order valence-corrected chi connectivity index (χ2v) is 3.65. The van der Waals surface area contributed by atoms with Gasteiger partial charge in [-0.3, -0.25) is 0 Å². The molecule has 17 heavy (non-hydrogen) atoms. The lowest BCUT2D eigenvalue weighted by atomic mass is 10.2. The number of rotatable bonds is 2. The fourth-order valence-electron chi connectivity index (χ4n) is 1.12. The van der Waals surface area contributed by atoms with Crippen LogP contribution in [-0.4, -0.2) is 16.5 Å². The molecule has 0 unspecified atom stereocenters. The molecule has 0 aliphatic carbocycles. The van der Waals surface area contributed by atoms with Gasteiger partial charge in [-0.05, 0) is 45.4 Å². The Balaban J connectivity index is 2.19. The van der Waals surface area contributed by atoms with E-state index in [0.29, 0.717) is 5.56 Å². The zero-order valence-corrected chi connectivity index (χ0v) is 9.62. The van der Waals surface area contributed by atoms with Crippen LogP contribution in [0.3, 0.4) is 0 Å². The average molecular weight is 309 g/mol. The highest BCUT2D eigenvalue weighted by Gasteiger charge is 2.31. The molecule has 0 bridgehead atoms. The van der Waals surface area contributed by atoms with Gasteiger partial charge in [0.2, 0.25) is 4.73 Å². The lowest BCUT2D eigenvalue weighted by Crippen LogP contribution is -2.16. The van der Waals surface area contributed by atoms with Gasteiger partial charge in [0.25, 0.3) is 5.89 Å². The van der Waals surface area contributed by atoms with Crippen molar-refractivity contribution in [2.45, 2.75) is 6.36 Å². The summed E-state index contributed by atoms with van der Waals surface area (Å²) in [4.78, 5) is 3.86. The van der Waals surface area contributed by atoms with E-state index in [1.807, 2.05) is 0 Å². The largest absolute Gasteiger partial charge is 0.573 e. The molecule has 2 rings (SSSR count). The third-order valence-corrected chi connectivity index (χ3v) is 2.06. The molecule has 90 valence electrons. The van der Waals surface area contributed by atoms with Gasteiger partial charge < -0.3 is 9.26 Å². The molecule has 0 fully saturated rings. The molecule has 0 amide bonds. The first-order chi connectivity index (χ1) is 7.94. The number of nitrogens with zero attached hydrogens (tertiary/aromatic N) is 2. The number of aromatic nitrogens is 2. The van der Waals surface area contributed by atoms with Crippen LogP contribution in [0.1, 0.15) is 0 Å². The number of ether oxygens (including phenoxy) is 1. The molecule has 4 nitrogen and oxygen atoms in total. The van der Waals surface area contributed by atoms with Gasteiger partial charge in [-0.15, -0.1) is 13.2 Å². The quantitative estimate of drug-likeness (QED) is 0.853. The predicted molar refractivity (Wildman–Crippen MR) is 54.1 cm³/mol. The molecular formula is C9H4BrF3N2O2. The van der Waals surface area contributed by atoms with Gasteiger partial charge in [0.15, 0.2) is 0 Å². The maximum Gasteiger partial charge on any atom is 0.573 e. The molecule has 0 spiro atoms. The minimum atomic E-state index is -4.70. The average Bonchev–Trinajstić information content (AvgIpc) is 2.63. The number of hydrogen-bond donors (Lipinski definition) is 0. The monoisotopic (exact) mass is 308 g/mol. The topological polar surface area (TPSA) is 48.2 Å². The van der Waals surface area contributed by atoms with E-state index in [2.05, 4.69) is 30.8 Å². The Morgan fingerprint density at radius 3 is 2.29 bits per heavy atom. The van der Waals surface area contributed by atoms with Crippen molar-refractivity contribution in [3.8, 4) is 17.2 Å². The zero-order valence-electron chi connectivity index (χ0n) is 8.03. The molecular weight excluding hydrogens is 305 g/mol. The third-order valence-electron chi connectivity index (χ3n) is 1.74. The highest BCUT2D eigenvalue weighted by atomic mass is 79.9. The maximum absolute atomic E-state index is 11.9. The molecule has 0 N–H and O–H groups in total. The molecule has 1 aromatic carbocycles. The van der Waals surface area contributed by atoms with Crippen molar-refractivity contribution >= 4 is 15.9 Å². The lowest BCUT2D eigenvalue weighted by Gasteiger charge is -2.08. The van der Waals surface area contributed by atoms with E-state index < -0.39 is 6.36 Å². The Bertz CT molecular complexity index is 510. The van der Waals surface area contributed by atoms with Crippen LogP contribution in [0.5, 0.6) is 5.75 Å². The smallest absolute Gasteiger partial charge is 0.406 e. The number of halogens is 4. The molecule has 0 radical (unpaired) electrons. The van der Waals surface area contributed by atoms with Crippen LogP contribution < -0.4 is 4.74 Å². The molecule has 0 saturated carbocycles. The fraction of sp³-hybridized carbons (Fsp3) is 0.111. The third kappa shape index (κ3) is 3.19. The van der Waals surface area contributed by atoms with Crippen molar-refractivity contribution < 1.29 is 22.4 Å². The van der Waals surface area contributed by atoms with E-state index in [9.17, 15) is 13.2 Å². The van der Waals surface area contributed by atoms with Crippen molar-refractivity contribution in [1.82, 2.24) is 10.1 Å². The normalized spacial score (nSPS) is 11.5. The number of benzene rings is 1. The van der Waals surface area contributed by atoms with Crippen LogP contribution in [0.4, 0.5) is 13.2 Å². The minimum absolute atomic E-state index is 0.204. The van der Waals surface area contributed by atoms with Gasteiger partial charge in [0, 0.05) is 5.56 Å². The number of alkyl halides is 3. The Labute approximate surface area is 102 Å². The van der Waals surface area contributed by atoms with Crippen LogP contribution in [0.25, 0.3) is 11.5 Å². The van der Waals surface area contributed by atoms with E-state index >= 15 is 0 Å². The van der Waals surface area contributed by atoms with Crippen molar-refractivity contribution in [3.05, 3.63) is 29.0 Å². The van der Waals surface area contributed by atoms with Crippen LogP contribution in [0, 0.1) is 0 Å². The molecule has 0 aliphatic heterocycles. The summed E-state index contributed by atoms with van der Waals surface area (Å²) >= 11 is 2.99. The maximum atomic E-state index is 11.9. The highest BCUT2D eigenvalue weighted by molar-refractivity contribution is 9.10. The molecule has 2 aromatic rings. The van der Waals surface area contributed by atoms with Gasteiger partial charge in [0.05, 0.1) is 0 Å². The van der Waals surface area contributed by atoms with E-state index in [4.69, 9.17) is 4.52 Å². The Morgan fingerprint density at radius 1 is 1.18 bits per heavy atom. The van der Waals surface area contributed by atoms with Gasteiger partial charge in [-0.25, -0.2) is 0 Å². The standard InChI is InChI=1S/C9H4BrF3N2O2/c10-8-14-7(17-15-8)5-1-3-6(4-2-5)16-9(11,12)13/h1-4H. The van der Waals surface area contributed by atoms with Gasteiger partial charge in [-0.2, -0.15) is 4.98 Å². The summed E-state index contributed by atoms with van der Waals surface area (Å²) in [5.41, 5.74) is 0.498. The first-order valence-corrected chi connectivity index (χ1v) is 5.09. The minimum Gasteiger partial charge on any atom is -0.406 e. The molecule has 1 aromatic heterocycles. The van der Waals surface area contributed by atoms with Crippen LogP contribution >= 0.6 is 15.9 Å². The van der Waals surface area contributed by atoms with Crippen molar-refractivity contribution in [3.63, 3.8) is 0 Å². The summed E-state index contributed by atoms with van der Waals surface area (Å²) in [7, 11) is 0. The molecule has 1 heterocycles. The first-order valence-electron chi connectivity index (χ1n) is 4.29. The summed E-state index contributed by atoms with van der Waals surface area (Å²) in [6, 6.07) is 5.11. The number of hydrogen-bond acceptors (Lipinski definition) is 4. The fourth-order valence-corrected chi connectivity index (χ4v) is 1.36. The van der Waals surface area contributed by atoms with Crippen molar-refractivity contribution in [2.24, 2.45) is 0 Å². The van der Waals surface area contributed by atoms with Gasteiger partial charge in [0.1, 0.15) is 5.75 Å². The molecule has 0 aliphatic rings. The molecule has 0 atom stereocenters. The van der Waals surface area contributed by atoms with Crippen molar-refractivity contribution in [1.29, 1.82) is 0 Å². The predicted octanol–water partition coefficient (Wildman–Crippen LogP) is 3.40. The SMILES string of the molecule is FC(F)(F)Oc1ccc(-c2nc(Br)no2)cc1. The first kappa shape index (κ1) is 11.9. The van der Waals surface area contributed by atoms with E-state index in [-0.39, 0.29) is 16.4 Å². The second-order valence-electron chi connectivity index (χ2n) is 2.94. The van der Waals surface area contributed by atoms with Gasteiger partial charge >= 0.3 is 6.36 Å². The Kier molecular flexibility index (Phi) is 3.05. The van der Waals surface area contributed by atoms with E-state index in [1.54, 1.807) is 0 Å². The summed E-state index contributed by atoms with van der Waals surface area (Å²) in [5, 5.41) is 3.49. The summed E-state index contributed by atoms with van der Waals surface area (Å²) in [6.07, 6.45) is -4.70. The van der Waals surface area contributed by atoms with Crippen LogP contribution in [-0.2, 0) is 0 Å². The zero-order chi connectivity index (χ0) is 12.5.